The zero-order chi connectivity index (χ0) is 22.4. The Morgan fingerprint density at radius 1 is 1.12 bits per heavy atom. The van der Waals surface area contributed by atoms with Crippen LogP contribution >= 0.6 is 12.4 Å². The second kappa shape index (κ2) is 11.3. The highest BCUT2D eigenvalue weighted by Crippen LogP contribution is 2.30. The minimum atomic E-state index is -1.03. The average Bonchev–Trinajstić information content (AvgIpc) is 3.25. The molecule has 0 bridgehead atoms. The number of aromatic nitrogens is 2. The number of anilines is 1. The van der Waals surface area contributed by atoms with Gasteiger partial charge in [-0.1, -0.05) is 38.1 Å². The lowest BCUT2D eigenvalue weighted by atomic mass is 9.94. The summed E-state index contributed by atoms with van der Waals surface area (Å²) >= 11 is 0. The Bertz CT molecular complexity index is 1050. The second-order valence-electron chi connectivity index (χ2n) is 7.98. The Kier molecular flexibility index (Phi) is 8.84. The smallest absolute Gasteiger partial charge is 0.326 e. The van der Waals surface area contributed by atoms with Crippen LogP contribution in [0.25, 0.3) is 11.1 Å². The van der Waals surface area contributed by atoms with Crippen molar-refractivity contribution in [1.29, 1.82) is 0 Å². The molecule has 2 aromatic carbocycles. The first-order valence-electron chi connectivity index (χ1n) is 10.3. The second-order valence-corrected chi connectivity index (χ2v) is 7.98. The first kappa shape index (κ1) is 24.9. The molecule has 3 rings (SSSR count). The van der Waals surface area contributed by atoms with E-state index < -0.39 is 17.9 Å². The van der Waals surface area contributed by atoms with Crippen molar-refractivity contribution in [3.63, 3.8) is 0 Å². The lowest BCUT2D eigenvalue weighted by Crippen LogP contribution is -2.41. The van der Waals surface area contributed by atoms with Gasteiger partial charge in [-0.15, -0.1) is 12.4 Å². The minimum Gasteiger partial charge on any atom is -0.480 e. The Labute approximate surface area is 194 Å². The predicted octanol–water partition coefficient (Wildman–Crippen LogP) is 4.65. The molecule has 1 atom stereocenters. The number of benzene rings is 2. The SMILES string of the molecule is Cc1ccccc1-c1cc(NCc2c[nH]cn2)ccc1C(=O)N[C@@H](CC(C)C)C(=O)O.Cl. The fourth-order valence-corrected chi connectivity index (χ4v) is 3.46. The standard InChI is InChI=1S/C24H28N4O3.ClH/c1-15(2)10-22(24(30)31)28-23(29)20-9-8-17(26-13-18-12-25-14-27-18)11-21(20)19-7-5-4-6-16(19)3;/h4-9,11-12,14-15,22,26H,10,13H2,1-3H3,(H,25,27)(H,28,29)(H,30,31);1H/t22-;/m0./s1. The van der Waals surface area contributed by atoms with Gasteiger partial charge in [0, 0.05) is 17.4 Å². The molecule has 8 heteroatoms. The van der Waals surface area contributed by atoms with Crippen molar-refractivity contribution in [3.05, 3.63) is 71.8 Å². The molecule has 1 aromatic heterocycles. The Morgan fingerprint density at radius 3 is 2.50 bits per heavy atom. The van der Waals surface area contributed by atoms with Gasteiger partial charge in [-0.25, -0.2) is 9.78 Å². The Morgan fingerprint density at radius 2 is 1.88 bits per heavy atom. The molecule has 1 heterocycles. The number of aromatic amines is 1. The summed E-state index contributed by atoms with van der Waals surface area (Å²) in [7, 11) is 0. The lowest BCUT2D eigenvalue weighted by molar-refractivity contribution is -0.139. The van der Waals surface area contributed by atoms with E-state index in [1.165, 1.54) is 0 Å². The molecule has 0 radical (unpaired) electrons. The van der Waals surface area contributed by atoms with Crippen LogP contribution in [-0.2, 0) is 11.3 Å². The van der Waals surface area contributed by atoms with Gasteiger partial charge in [0.05, 0.1) is 18.6 Å². The first-order chi connectivity index (χ1) is 14.8. The van der Waals surface area contributed by atoms with Crippen LogP contribution in [-0.4, -0.2) is 33.0 Å². The van der Waals surface area contributed by atoms with Gasteiger partial charge >= 0.3 is 5.97 Å². The number of H-pyrrole nitrogens is 1. The third-order valence-corrected chi connectivity index (χ3v) is 5.04. The summed E-state index contributed by atoms with van der Waals surface area (Å²) < 4.78 is 0. The number of carboxylic acid groups (broad SMARTS) is 1. The molecule has 32 heavy (non-hydrogen) atoms. The first-order valence-corrected chi connectivity index (χ1v) is 10.3. The summed E-state index contributed by atoms with van der Waals surface area (Å²) in [4.78, 5) is 31.9. The topological polar surface area (TPSA) is 107 Å². The molecule has 0 fully saturated rings. The number of carbonyl (C=O) groups is 2. The summed E-state index contributed by atoms with van der Waals surface area (Å²) in [6.07, 6.45) is 3.81. The van der Waals surface area contributed by atoms with Crippen LogP contribution in [0.15, 0.2) is 55.0 Å². The van der Waals surface area contributed by atoms with E-state index in [-0.39, 0.29) is 18.3 Å². The number of nitrogens with one attached hydrogen (secondary N) is 3. The molecule has 0 aliphatic heterocycles. The summed E-state index contributed by atoms with van der Waals surface area (Å²) in [6.45, 7) is 6.39. The summed E-state index contributed by atoms with van der Waals surface area (Å²) in [5.74, 6) is -1.28. The van der Waals surface area contributed by atoms with Crippen LogP contribution in [0.2, 0.25) is 0 Å². The third kappa shape index (κ3) is 6.34. The number of amides is 1. The number of halogens is 1. The molecule has 7 nitrogen and oxygen atoms in total. The van der Waals surface area contributed by atoms with E-state index in [1.807, 2.05) is 63.4 Å². The van der Waals surface area contributed by atoms with Crippen LogP contribution in [0, 0.1) is 12.8 Å². The van der Waals surface area contributed by atoms with Gasteiger partial charge in [0.2, 0.25) is 0 Å². The van der Waals surface area contributed by atoms with Crippen molar-refractivity contribution in [1.82, 2.24) is 15.3 Å². The molecule has 0 unspecified atom stereocenters. The van der Waals surface area contributed by atoms with Crippen LogP contribution in [0.4, 0.5) is 5.69 Å². The Balaban J connectivity index is 0.00000363. The van der Waals surface area contributed by atoms with E-state index in [9.17, 15) is 14.7 Å². The summed E-state index contributed by atoms with van der Waals surface area (Å²) in [6, 6.07) is 12.4. The van der Waals surface area contributed by atoms with E-state index in [4.69, 9.17) is 0 Å². The number of carbonyl (C=O) groups excluding carboxylic acids is 1. The van der Waals surface area contributed by atoms with Gasteiger partial charge in [0.1, 0.15) is 6.04 Å². The fourth-order valence-electron chi connectivity index (χ4n) is 3.46. The molecule has 0 aliphatic rings. The van der Waals surface area contributed by atoms with Gasteiger partial charge in [-0.2, -0.15) is 0 Å². The number of hydrogen-bond donors (Lipinski definition) is 4. The molecule has 3 aromatic rings. The van der Waals surface area contributed by atoms with Crippen molar-refractivity contribution < 1.29 is 14.7 Å². The maximum absolute atomic E-state index is 13.1. The van der Waals surface area contributed by atoms with Crippen molar-refractivity contribution in [2.24, 2.45) is 5.92 Å². The molecule has 0 saturated carbocycles. The molecule has 0 aliphatic carbocycles. The van der Waals surface area contributed by atoms with E-state index in [0.717, 1.165) is 28.1 Å². The van der Waals surface area contributed by atoms with Crippen molar-refractivity contribution in [2.75, 3.05) is 5.32 Å². The van der Waals surface area contributed by atoms with Gasteiger partial charge in [0.15, 0.2) is 0 Å². The highest BCUT2D eigenvalue weighted by Gasteiger charge is 2.23. The van der Waals surface area contributed by atoms with Crippen LogP contribution in [0.1, 0.15) is 41.9 Å². The molecule has 0 spiro atoms. The molecule has 1 amide bonds. The van der Waals surface area contributed by atoms with Crippen molar-refractivity contribution in [3.8, 4) is 11.1 Å². The molecule has 0 saturated heterocycles. The quantitative estimate of drug-likeness (QED) is 0.375. The number of hydrogen-bond acceptors (Lipinski definition) is 4. The van der Waals surface area contributed by atoms with Crippen LogP contribution < -0.4 is 10.6 Å². The zero-order valence-corrected chi connectivity index (χ0v) is 19.2. The molecule has 170 valence electrons. The van der Waals surface area contributed by atoms with Gasteiger partial charge < -0.3 is 20.7 Å². The predicted molar refractivity (Wildman–Crippen MR) is 128 cm³/mol. The minimum absolute atomic E-state index is 0. The number of rotatable bonds is 9. The van der Waals surface area contributed by atoms with Crippen molar-refractivity contribution >= 4 is 30.0 Å². The number of carboxylic acids is 1. The van der Waals surface area contributed by atoms with Gasteiger partial charge in [0.25, 0.3) is 5.91 Å². The normalized spacial score (nSPS) is 11.5. The number of imidazole rings is 1. The lowest BCUT2D eigenvalue weighted by Gasteiger charge is -2.19. The molecular weight excluding hydrogens is 428 g/mol. The average molecular weight is 457 g/mol. The Hall–Kier alpha value is -3.32. The van der Waals surface area contributed by atoms with E-state index in [0.29, 0.717) is 18.5 Å². The number of nitrogens with zero attached hydrogens (tertiary/aromatic N) is 1. The van der Waals surface area contributed by atoms with E-state index in [1.54, 1.807) is 12.4 Å². The third-order valence-electron chi connectivity index (χ3n) is 5.04. The maximum atomic E-state index is 13.1. The zero-order valence-electron chi connectivity index (χ0n) is 18.4. The summed E-state index contributed by atoms with van der Waals surface area (Å²) in [5.41, 5.74) is 4.85. The molecule has 4 N–H and O–H groups in total. The number of aliphatic carboxylic acids is 1. The maximum Gasteiger partial charge on any atom is 0.326 e. The van der Waals surface area contributed by atoms with Crippen molar-refractivity contribution in [2.45, 2.75) is 39.8 Å². The van der Waals surface area contributed by atoms with Crippen LogP contribution in [0.3, 0.4) is 0 Å². The monoisotopic (exact) mass is 456 g/mol. The molecular formula is C24H29ClN4O3. The number of aryl methyl sites for hydroxylation is 1. The largest absolute Gasteiger partial charge is 0.480 e. The summed E-state index contributed by atoms with van der Waals surface area (Å²) in [5, 5.41) is 15.5. The van der Waals surface area contributed by atoms with E-state index in [2.05, 4.69) is 20.6 Å². The van der Waals surface area contributed by atoms with Gasteiger partial charge in [-0.05, 0) is 54.2 Å². The highest BCUT2D eigenvalue weighted by molar-refractivity contribution is 6.03. The van der Waals surface area contributed by atoms with E-state index >= 15 is 0 Å². The fraction of sp³-hybridized carbons (Fsp3) is 0.292. The highest BCUT2D eigenvalue weighted by atomic mass is 35.5. The van der Waals surface area contributed by atoms with Gasteiger partial charge in [-0.3, -0.25) is 4.79 Å². The van der Waals surface area contributed by atoms with Crippen LogP contribution in [0.5, 0.6) is 0 Å².